The van der Waals surface area contributed by atoms with Crippen molar-refractivity contribution in [3.63, 3.8) is 0 Å². The number of nitrogens with one attached hydrogen (secondary N) is 1. The zero-order valence-electron chi connectivity index (χ0n) is 10.7. The lowest BCUT2D eigenvalue weighted by Gasteiger charge is -2.25. The molecule has 0 radical (unpaired) electrons. The summed E-state index contributed by atoms with van der Waals surface area (Å²) in [6.45, 7) is 2.07. The summed E-state index contributed by atoms with van der Waals surface area (Å²) >= 11 is 0. The van der Waals surface area contributed by atoms with E-state index >= 15 is 0 Å². The van der Waals surface area contributed by atoms with Crippen LogP contribution in [-0.2, 0) is 4.74 Å². The number of ether oxygens (including phenoxy) is 1. The molecule has 3 N–H and O–H groups in total. The number of aromatic amines is 1. The van der Waals surface area contributed by atoms with E-state index in [4.69, 9.17) is 10.5 Å². The van der Waals surface area contributed by atoms with Crippen LogP contribution >= 0.6 is 0 Å². The summed E-state index contributed by atoms with van der Waals surface area (Å²) in [5.41, 5.74) is 6.17. The van der Waals surface area contributed by atoms with E-state index in [9.17, 15) is 4.79 Å². The van der Waals surface area contributed by atoms with Gasteiger partial charge in [0.25, 0.3) is 5.82 Å². The van der Waals surface area contributed by atoms with Crippen molar-refractivity contribution in [1.82, 2.24) is 15.2 Å². The summed E-state index contributed by atoms with van der Waals surface area (Å²) in [7, 11) is 0. The molecule has 0 amide bonds. The maximum absolute atomic E-state index is 11.4. The molecule has 6 heteroatoms. The van der Waals surface area contributed by atoms with Gasteiger partial charge in [-0.3, -0.25) is 5.10 Å². The maximum atomic E-state index is 11.4. The minimum absolute atomic E-state index is 0.0677. The zero-order valence-corrected chi connectivity index (χ0v) is 10.7. The maximum Gasteiger partial charge on any atom is 0.378 e. The summed E-state index contributed by atoms with van der Waals surface area (Å²) in [5.74, 6) is 0.584. The van der Waals surface area contributed by atoms with Crippen LogP contribution in [0.2, 0.25) is 0 Å². The van der Waals surface area contributed by atoms with Gasteiger partial charge in [0.1, 0.15) is 5.82 Å². The van der Waals surface area contributed by atoms with Crippen molar-refractivity contribution in [3.05, 3.63) is 11.6 Å². The Kier molecular flexibility index (Phi) is 4.30. The Morgan fingerprint density at radius 3 is 2.89 bits per heavy atom. The Hall–Kier alpha value is -1.43. The average Bonchev–Trinajstić information content (AvgIpc) is 2.89. The molecule has 1 unspecified atom stereocenters. The van der Waals surface area contributed by atoms with Crippen molar-refractivity contribution < 1.29 is 9.53 Å². The normalized spacial score (nSPS) is 18.6. The van der Waals surface area contributed by atoms with Crippen LogP contribution in [0.1, 0.15) is 61.5 Å². The first-order chi connectivity index (χ1) is 8.72. The first kappa shape index (κ1) is 13.0. The fourth-order valence-electron chi connectivity index (χ4n) is 2.43. The first-order valence-corrected chi connectivity index (χ1v) is 6.57. The fourth-order valence-corrected chi connectivity index (χ4v) is 2.43. The van der Waals surface area contributed by atoms with Gasteiger partial charge < -0.3 is 10.5 Å². The second-order valence-corrected chi connectivity index (χ2v) is 4.69. The third kappa shape index (κ3) is 2.87. The lowest BCUT2D eigenvalue weighted by molar-refractivity contribution is 0.0512. The highest BCUT2D eigenvalue weighted by Gasteiger charge is 2.25. The van der Waals surface area contributed by atoms with Crippen molar-refractivity contribution in [1.29, 1.82) is 0 Å². The molecule has 1 atom stereocenters. The van der Waals surface area contributed by atoms with Crippen molar-refractivity contribution >= 4 is 5.97 Å². The molecule has 1 fully saturated rings. The number of esters is 1. The van der Waals surface area contributed by atoms with E-state index in [-0.39, 0.29) is 11.9 Å². The zero-order chi connectivity index (χ0) is 13.0. The number of hydrogen-bond acceptors (Lipinski definition) is 5. The van der Waals surface area contributed by atoms with Gasteiger partial charge in [0, 0.05) is 0 Å². The first-order valence-electron chi connectivity index (χ1n) is 6.57. The van der Waals surface area contributed by atoms with E-state index in [2.05, 4.69) is 15.2 Å². The van der Waals surface area contributed by atoms with Gasteiger partial charge in [0.05, 0.1) is 12.6 Å². The highest BCUT2D eigenvalue weighted by Crippen LogP contribution is 2.31. The number of carbonyl (C=O) groups is 1. The number of hydrogen-bond donors (Lipinski definition) is 2. The molecule has 0 saturated heterocycles. The molecule has 1 saturated carbocycles. The van der Waals surface area contributed by atoms with Gasteiger partial charge in [-0.05, 0) is 25.7 Å². The summed E-state index contributed by atoms with van der Waals surface area (Å²) in [6, 6.07) is -0.166. The van der Waals surface area contributed by atoms with Crippen LogP contribution < -0.4 is 5.73 Å². The van der Waals surface area contributed by atoms with Gasteiger partial charge in [-0.15, -0.1) is 5.10 Å². The quantitative estimate of drug-likeness (QED) is 0.793. The summed E-state index contributed by atoms with van der Waals surface area (Å²) in [6.07, 6.45) is 5.97. The molecular weight excluding hydrogens is 232 g/mol. The summed E-state index contributed by atoms with van der Waals surface area (Å²) in [5, 5.41) is 6.62. The van der Waals surface area contributed by atoms with E-state index in [1.165, 1.54) is 19.3 Å². The molecule has 100 valence electrons. The Labute approximate surface area is 106 Å². The number of nitrogens with zero attached hydrogens (tertiary/aromatic N) is 2. The van der Waals surface area contributed by atoms with Gasteiger partial charge in [0.2, 0.25) is 0 Å². The Morgan fingerprint density at radius 2 is 2.22 bits per heavy atom. The minimum atomic E-state index is -0.504. The Balaban J connectivity index is 2.02. The molecule has 18 heavy (non-hydrogen) atoms. The van der Waals surface area contributed by atoms with Crippen molar-refractivity contribution in [2.75, 3.05) is 6.61 Å². The molecule has 1 aromatic heterocycles. The molecule has 6 nitrogen and oxygen atoms in total. The minimum Gasteiger partial charge on any atom is -0.460 e. The fraction of sp³-hybridized carbons (Fsp3) is 0.750. The summed E-state index contributed by atoms with van der Waals surface area (Å²) in [4.78, 5) is 15.6. The van der Waals surface area contributed by atoms with Crippen LogP contribution in [0.25, 0.3) is 0 Å². The largest absolute Gasteiger partial charge is 0.460 e. The van der Waals surface area contributed by atoms with Crippen molar-refractivity contribution in [2.24, 2.45) is 11.7 Å². The third-order valence-corrected chi connectivity index (χ3v) is 3.43. The lowest BCUT2D eigenvalue weighted by Crippen LogP contribution is -2.24. The van der Waals surface area contributed by atoms with E-state index in [1.807, 2.05) is 0 Å². The van der Waals surface area contributed by atoms with Crippen LogP contribution in [0.15, 0.2) is 0 Å². The van der Waals surface area contributed by atoms with Crippen molar-refractivity contribution in [3.8, 4) is 0 Å². The Bertz CT molecular complexity index is 399. The van der Waals surface area contributed by atoms with Gasteiger partial charge in [-0.2, -0.15) is 0 Å². The molecule has 1 aliphatic carbocycles. The van der Waals surface area contributed by atoms with Crippen LogP contribution in [-0.4, -0.2) is 27.8 Å². The molecule has 1 heterocycles. The number of H-pyrrole nitrogens is 1. The van der Waals surface area contributed by atoms with Crippen LogP contribution in [0.4, 0.5) is 0 Å². The molecule has 1 aromatic rings. The van der Waals surface area contributed by atoms with Gasteiger partial charge in [-0.25, -0.2) is 9.78 Å². The topological polar surface area (TPSA) is 93.9 Å². The second-order valence-electron chi connectivity index (χ2n) is 4.69. The third-order valence-electron chi connectivity index (χ3n) is 3.43. The van der Waals surface area contributed by atoms with Gasteiger partial charge >= 0.3 is 5.97 Å². The molecule has 2 rings (SSSR count). The molecular formula is C12H20N4O2. The standard InChI is InChI=1S/C12H20N4O2/c1-2-18-12(17)11-14-10(15-16-11)9(13)8-6-4-3-5-7-8/h8-9H,2-7,13H2,1H3,(H,14,15,16). The number of aromatic nitrogens is 3. The average molecular weight is 252 g/mol. The Morgan fingerprint density at radius 1 is 1.50 bits per heavy atom. The number of nitrogens with two attached hydrogens (primary N) is 1. The molecule has 0 aliphatic heterocycles. The highest BCUT2D eigenvalue weighted by atomic mass is 16.5. The molecule has 0 bridgehead atoms. The smallest absolute Gasteiger partial charge is 0.378 e. The van der Waals surface area contributed by atoms with Gasteiger partial charge in [-0.1, -0.05) is 19.3 Å². The van der Waals surface area contributed by atoms with E-state index in [0.29, 0.717) is 18.3 Å². The van der Waals surface area contributed by atoms with Crippen LogP contribution in [0, 0.1) is 5.92 Å². The van der Waals surface area contributed by atoms with E-state index < -0.39 is 5.97 Å². The predicted molar refractivity (Wildman–Crippen MR) is 65.8 cm³/mol. The SMILES string of the molecule is CCOC(=O)c1n[nH]c(C(N)C2CCCCC2)n1. The molecule has 1 aliphatic rings. The number of carbonyl (C=O) groups excluding carboxylic acids is 1. The lowest BCUT2D eigenvalue weighted by atomic mass is 9.84. The van der Waals surface area contributed by atoms with E-state index in [1.54, 1.807) is 6.92 Å². The molecule has 0 aromatic carbocycles. The second kappa shape index (κ2) is 5.95. The van der Waals surface area contributed by atoms with Gasteiger partial charge in [0.15, 0.2) is 0 Å². The summed E-state index contributed by atoms with van der Waals surface area (Å²) < 4.78 is 4.84. The van der Waals surface area contributed by atoms with Crippen LogP contribution in [0.5, 0.6) is 0 Å². The van der Waals surface area contributed by atoms with E-state index in [0.717, 1.165) is 12.8 Å². The van der Waals surface area contributed by atoms with Crippen LogP contribution in [0.3, 0.4) is 0 Å². The molecule has 0 spiro atoms. The van der Waals surface area contributed by atoms with Crippen molar-refractivity contribution in [2.45, 2.75) is 45.1 Å². The number of rotatable bonds is 4. The highest BCUT2D eigenvalue weighted by molar-refractivity contribution is 5.84. The monoisotopic (exact) mass is 252 g/mol. The predicted octanol–water partition coefficient (Wildman–Crippen LogP) is 1.56.